The highest BCUT2D eigenvalue weighted by Gasteiger charge is 2.19. The molecule has 1 fully saturated rings. The van der Waals surface area contributed by atoms with Crippen LogP contribution in [0.4, 0.5) is 11.1 Å². The quantitative estimate of drug-likeness (QED) is 0.897. The van der Waals surface area contributed by atoms with Crippen LogP contribution in [0.3, 0.4) is 0 Å². The maximum Gasteiger partial charge on any atom is 0.220 e. The minimum atomic E-state index is 0.255. The number of hydrogen-bond donors (Lipinski definition) is 1. The molecule has 8 heteroatoms. The van der Waals surface area contributed by atoms with Crippen LogP contribution in [0.25, 0.3) is 11.4 Å². The number of ether oxygens (including phenoxy) is 1. The molecule has 0 aliphatic carbocycles. The first-order chi connectivity index (χ1) is 9.24. The Bertz CT molecular complexity index is 584. The van der Waals surface area contributed by atoms with Crippen LogP contribution in [0, 0.1) is 0 Å². The van der Waals surface area contributed by atoms with Crippen LogP contribution in [0.1, 0.15) is 0 Å². The molecule has 2 N–H and O–H groups in total. The van der Waals surface area contributed by atoms with E-state index < -0.39 is 0 Å². The predicted molar refractivity (Wildman–Crippen MR) is 78.3 cm³/mol. The number of morpholine rings is 1. The summed E-state index contributed by atoms with van der Waals surface area (Å²) >= 11 is 5.14. The van der Waals surface area contributed by atoms with Crippen LogP contribution in [0.5, 0.6) is 0 Å². The van der Waals surface area contributed by atoms with Crippen LogP contribution in [-0.4, -0.2) is 41.3 Å². The fourth-order valence-corrected chi connectivity index (χ4v) is 3.43. The van der Waals surface area contributed by atoms with Gasteiger partial charge in [0.05, 0.1) is 18.9 Å². The maximum atomic E-state index is 5.61. The zero-order valence-electron chi connectivity index (χ0n) is 10.0. The number of hydrogen-bond acceptors (Lipinski definition) is 7. The summed E-state index contributed by atoms with van der Waals surface area (Å²) in [5.74, 6) is 0.255. The van der Waals surface area contributed by atoms with Crippen molar-refractivity contribution in [2.75, 3.05) is 36.9 Å². The van der Waals surface area contributed by atoms with Crippen LogP contribution in [0.15, 0.2) is 16.0 Å². The van der Waals surface area contributed by atoms with Gasteiger partial charge in [0.1, 0.15) is 9.48 Å². The zero-order valence-corrected chi connectivity index (χ0v) is 12.4. The summed E-state index contributed by atoms with van der Waals surface area (Å²) < 4.78 is 6.30. The lowest BCUT2D eigenvalue weighted by molar-refractivity contribution is 0.122. The molecule has 2 aromatic rings. The van der Waals surface area contributed by atoms with E-state index in [1.54, 1.807) is 23.6 Å². The Kier molecular flexibility index (Phi) is 3.63. The highest BCUT2D eigenvalue weighted by molar-refractivity contribution is 9.11. The van der Waals surface area contributed by atoms with Crippen molar-refractivity contribution in [1.82, 2.24) is 15.0 Å². The van der Waals surface area contributed by atoms with Crippen molar-refractivity contribution in [3.8, 4) is 11.4 Å². The van der Waals surface area contributed by atoms with Crippen molar-refractivity contribution < 1.29 is 4.74 Å². The van der Waals surface area contributed by atoms with E-state index in [9.17, 15) is 0 Å². The summed E-state index contributed by atoms with van der Waals surface area (Å²) in [6.07, 6.45) is 1.64. The highest BCUT2D eigenvalue weighted by Crippen LogP contribution is 2.36. The summed E-state index contributed by atoms with van der Waals surface area (Å²) in [5.41, 5.74) is 7.14. The van der Waals surface area contributed by atoms with Crippen molar-refractivity contribution in [1.29, 1.82) is 0 Å². The number of nitrogen functional groups attached to an aromatic ring is 1. The van der Waals surface area contributed by atoms with Crippen molar-refractivity contribution in [3.05, 3.63) is 16.0 Å². The van der Waals surface area contributed by atoms with E-state index in [2.05, 4.69) is 35.8 Å². The van der Waals surface area contributed by atoms with Gasteiger partial charge >= 0.3 is 0 Å². The molecule has 0 spiro atoms. The van der Waals surface area contributed by atoms with Gasteiger partial charge in [0.15, 0.2) is 5.13 Å². The molecule has 0 radical (unpaired) electrons. The Balaban J connectivity index is 1.92. The number of nitrogens with two attached hydrogens (primary N) is 1. The minimum absolute atomic E-state index is 0.255. The average Bonchev–Trinajstić information content (AvgIpc) is 2.82. The molecule has 0 atom stereocenters. The Labute approximate surface area is 122 Å². The molecule has 19 heavy (non-hydrogen) atoms. The third-order valence-corrected chi connectivity index (χ3v) is 4.54. The minimum Gasteiger partial charge on any atom is -0.378 e. The molecule has 0 saturated carbocycles. The van der Waals surface area contributed by atoms with Gasteiger partial charge in [-0.2, -0.15) is 0 Å². The van der Waals surface area contributed by atoms with E-state index in [1.807, 2.05) is 0 Å². The van der Waals surface area contributed by atoms with E-state index in [-0.39, 0.29) is 5.95 Å². The number of aromatic nitrogens is 3. The molecule has 3 rings (SSSR count). The van der Waals surface area contributed by atoms with Gasteiger partial charge < -0.3 is 15.4 Å². The van der Waals surface area contributed by atoms with Gasteiger partial charge in [0.2, 0.25) is 5.95 Å². The Morgan fingerprint density at radius 2 is 2.11 bits per heavy atom. The third kappa shape index (κ3) is 2.70. The molecule has 0 aromatic carbocycles. The number of rotatable bonds is 2. The Morgan fingerprint density at radius 3 is 2.84 bits per heavy atom. The molecule has 1 aliphatic heterocycles. The van der Waals surface area contributed by atoms with Crippen LogP contribution < -0.4 is 10.6 Å². The Hall–Kier alpha value is -1.25. The van der Waals surface area contributed by atoms with Gasteiger partial charge in [-0.1, -0.05) is 11.3 Å². The largest absolute Gasteiger partial charge is 0.378 e. The molecule has 0 unspecified atom stereocenters. The lowest BCUT2D eigenvalue weighted by Gasteiger charge is -2.25. The molecule has 2 aromatic heterocycles. The molecule has 0 bridgehead atoms. The first-order valence-corrected chi connectivity index (χ1v) is 7.43. The van der Waals surface area contributed by atoms with Crippen molar-refractivity contribution >= 4 is 38.3 Å². The second kappa shape index (κ2) is 5.40. The van der Waals surface area contributed by atoms with Gasteiger partial charge in [-0.15, -0.1) is 0 Å². The molecular formula is C11H12BrN5OS. The van der Waals surface area contributed by atoms with E-state index in [0.717, 1.165) is 46.6 Å². The standard InChI is InChI=1S/C11H12BrN5OS/c12-9-8(7-1-2-14-10(13)15-7)16-11(19-9)17-3-5-18-6-4-17/h1-2H,3-6H2,(H2,13,14,15). The van der Waals surface area contributed by atoms with Crippen LogP contribution in [-0.2, 0) is 4.74 Å². The molecule has 0 amide bonds. The summed E-state index contributed by atoms with van der Waals surface area (Å²) in [4.78, 5) is 14.9. The number of thiazole rings is 1. The fraction of sp³-hybridized carbons (Fsp3) is 0.364. The SMILES string of the molecule is Nc1nccc(-c2nc(N3CCOCC3)sc2Br)n1. The molecule has 1 saturated heterocycles. The number of halogens is 1. The van der Waals surface area contributed by atoms with Gasteiger partial charge in [-0.05, 0) is 22.0 Å². The second-order valence-electron chi connectivity index (χ2n) is 4.02. The van der Waals surface area contributed by atoms with E-state index in [4.69, 9.17) is 10.5 Å². The summed E-state index contributed by atoms with van der Waals surface area (Å²) in [6, 6.07) is 1.80. The zero-order chi connectivity index (χ0) is 13.2. The van der Waals surface area contributed by atoms with E-state index in [0.29, 0.717) is 0 Å². The topological polar surface area (TPSA) is 77.2 Å². The van der Waals surface area contributed by atoms with E-state index >= 15 is 0 Å². The summed E-state index contributed by atoms with van der Waals surface area (Å²) in [6.45, 7) is 3.22. The van der Waals surface area contributed by atoms with Crippen molar-refractivity contribution in [3.63, 3.8) is 0 Å². The monoisotopic (exact) mass is 341 g/mol. The Morgan fingerprint density at radius 1 is 1.32 bits per heavy atom. The maximum absolute atomic E-state index is 5.61. The summed E-state index contributed by atoms with van der Waals surface area (Å²) in [7, 11) is 0. The number of anilines is 2. The number of nitrogens with zero attached hydrogens (tertiary/aromatic N) is 4. The summed E-state index contributed by atoms with van der Waals surface area (Å²) in [5, 5.41) is 0.974. The molecular weight excluding hydrogens is 330 g/mol. The normalized spacial score (nSPS) is 15.7. The third-order valence-electron chi connectivity index (χ3n) is 2.77. The van der Waals surface area contributed by atoms with Crippen LogP contribution >= 0.6 is 27.3 Å². The molecule has 1 aliphatic rings. The highest BCUT2D eigenvalue weighted by atomic mass is 79.9. The van der Waals surface area contributed by atoms with Gasteiger partial charge in [-0.25, -0.2) is 15.0 Å². The molecule has 6 nitrogen and oxygen atoms in total. The van der Waals surface area contributed by atoms with Crippen LogP contribution in [0.2, 0.25) is 0 Å². The van der Waals surface area contributed by atoms with Gasteiger partial charge in [0.25, 0.3) is 0 Å². The molecule has 3 heterocycles. The smallest absolute Gasteiger partial charge is 0.220 e. The van der Waals surface area contributed by atoms with Gasteiger partial charge in [-0.3, -0.25) is 0 Å². The molecule has 100 valence electrons. The second-order valence-corrected chi connectivity index (χ2v) is 6.31. The van der Waals surface area contributed by atoms with Gasteiger partial charge in [0, 0.05) is 19.3 Å². The predicted octanol–water partition coefficient (Wildman–Crippen LogP) is 1.78. The lowest BCUT2D eigenvalue weighted by Crippen LogP contribution is -2.36. The van der Waals surface area contributed by atoms with E-state index in [1.165, 1.54) is 0 Å². The average molecular weight is 342 g/mol. The van der Waals surface area contributed by atoms with Crippen molar-refractivity contribution in [2.45, 2.75) is 0 Å². The van der Waals surface area contributed by atoms with Crippen molar-refractivity contribution in [2.24, 2.45) is 0 Å². The first kappa shape index (κ1) is 12.8. The lowest BCUT2D eigenvalue weighted by atomic mass is 10.3. The first-order valence-electron chi connectivity index (χ1n) is 5.82. The fourth-order valence-electron chi connectivity index (χ4n) is 1.84.